The van der Waals surface area contributed by atoms with Crippen LogP contribution in [0.4, 0.5) is 22.7 Å². The number of nitrogens with one attached hydrogen (secondary N) is 2. The van der Waals surface area contributed by atoms with Gasteiger partial charge in [-0.15, -0.1) is 0 Å². The van der Waals surface area contributed by atoms with Gasteiger partial charge in [-0.3, -0.25) is 37.4 Å². The Labute approximate surface area is 413 Å². The first-order valence-electron chi connectivity index (χ1n) is 20.1. The van der Waals surface area contributed by atoms with Gasteiger partial charge in [0.2, 0.25) is 24.0 Å². The summed E-state index contributed by atoms with van der Waals surface area (Å²) in [5.74, 6) is -4.14. The molecule has 3 aliphatic heterocycles. The molecule has 2 amide bonds. The Morgan fingerprint density at radius 3 is 1.37 bits per heavy atom. The van der Waals surface area contributed by atoms with Crippen molar-refractivity contribution in [3.63, 3.8) is 0 Å². The van der Waals surface area contributed by atoms with Gasteiger partial charge in [0.05, 0.1) is 75.5 Å². The number of hydrogen-bond donors (Lipinski definition) is 6. The number of hydrogen-bond acceptors (Lipinski definition) is 21. The Kier molecular flexibility index (Phi) is 19.4. The fourth-order valence-electron chi connectivity index (χ4n) is 6.03. The Balaban J connectivity index is 0.000000214. The van der Waals surface area contributed by atoms with Crippen molar-refractivity contribution in [3.05, 3.63) is 95.1 Å². The number of benzene rings is 4. The van der Waals surface area contributed by atoms with Crippen LogP contribution in [-0.4, -0.2) is 125 Å². The van der Waals surface area contributed by atoms with Crippen molar-refractivity contribution in [2.75, 3.05) is 23.8 Å². The molecule has 2 fully saturated rings. The van der Waals surface area contributed by atoms with Crippen molar-refractivity contribution in [1.82, 2.24) is 0 Å². The van der Waals surface area contributed by atoms with Crippen LogP contribution in [0.5, 0.6) is 0 Å². The number of ether oxygens (including phenoxy) is 3. The molecule has 0 spiro atoms. The van der Waals surface area contributed by atoms with E-state index in [1.165, 1.54) is 56.3 Å². The van der Waals surface area contributed by atoms with E-state index in [2.05, 4.69) is 25.4 Å². The number of cyclic esters (lactones) is 2. The van der Waals surface area contributed by atoms with E-state index in [4.69, 9.17) is 27.7 Å². The summed E-state index contributed by atoms with van der Waals surface area (Å²) in [5, 5.41) is 4.57. The van der Waals surface area contributed by atoms with Gasteiger partial charge in [-0.2, -0.15) is 43.7 Å². The zero-order chi connectivity index (χ0) is 54.6. The smallest absolute Gasteiger partial charge is 0.348 e. The number of aliphatic imine (C=N–C) groups is 2. The summed E-state index contributed by atoms with van der Waals surface area (Å²) in [6.45, 7) is 3.86. The number of rotatable bonds is 16. The SMILES string of the molecule is CC(=O)CC(=O)Nc1cc(NC(=O)CC(C)=O)cc(S(=O)(=O)O)c1.O=C1OC(=O)c2c1cccc2S(=O)(=O)O.O=C=Nc1cc(N=C=O)cc(S(=O)(=O)O)c1.O=S(=O)(O)c1cc(CC2CO2)cc(CC2CO2)c1. The number of carbonyl (C=O) groups is 6. The number of Topliss-reactive ketones (excluding diaryl/α,β-unsaturated/α-hetero) is 2. The van der Waals surface area contributed by atoms with Crippen molar-refractivity contribution < 1.29 is 104 Å². The van der Waals surface area contributed by atoms with Gasteiger partial charge in [0.15, 0.2) is 0 Å². The van der Waals surface area contributed by atoms with Crippen LogP contribution < -0.4 is 10.6 Å². The monoisotopic (exact) mass is 1090 g/mol. The molecule has 31 heteroatoms. The van der Waals surface area contributed by atoms with Crippen molar-refractivity contribution in [3.8, 4) is 0 Å². The van der Waals surface area contributed by atoms with Crippen molar-refractivity contribution in [2.24, 2.45) is 9.98 Å². The summed E-state index contributed by atoms with van der Waals surface area (Å²) >= 11 is 0. The summed E-state index contributed by atoms with van der Waals surface area (Å²) in [4.78, 5) is 91.7. The fraction of sp³-hybridized carbons (Fsp3) is 0.238. The van der Waals surface area contributed by atoms with E-state index in [1.807, 2.05) is 6.07 Å². The van der Waals surface area contributed by atoms with E-state index < -0.39 is 109 Å². The third kappa shape index (κ3) is 19.3. The Morgan fingerprint density at radius 1 is 0.589 bits per heavy atom. The number of carbonyl (C=O) groups excluding carboxylic acids is 8. The minimum absolute atomic E-state index is 0.0451. The van der Waals surface area contributed by atoms with Crippen molar-refractivity contribution in [2.45, 2.75) is 71.3 Å². The minimum Gasteiger partial charge on any atom is -0.386 e. The predicted molar refractivity (Wildman–Crippen MR) is 245 cm³/mol. The number of ketones is 2. The molecule has 6 N–H and O–H groups in total. The van der Waals surface area contributed by atoms with Gasteiger partial charge in [0.1, 0.15) is 16.5 Å². The molecule has 73 heavy (non-hydrogen) atoms. The number of fused-ring (bicyclic) bond motifs is 1. The van der Waals surface area contributed by atoms with Gasteiger partial charge in [-0.05, 0) is 85.6 Å². The van der Waals surface area contributed by atoms with Crippen LogP contribution in [0.3, 0.4) is 0 Å². The molecule has 2 saturated heterocycles. The lowest BCUT2D eigenvalue weighted by Gasteiger charge is -2.10. The van der Waals surface area contributed by atoms with Crippen molar-refractivity contribution >= 4 is 111 Å². The van der Waals surface area contributed by atoms with Gasteiger partial charge < -0.3 is 24.8 Å². The Hall–Kier alpha value is -7.38. The highest BCUT2D eigenvalue weighted by Gasteiger charge is 2.35. The number of epoxide rings is 2. The van der Waals surface area contributed by atoms with E-state index in [9.17, 15) is 72.0 Å². The molecule has 388 valence electrons. The average Bonchev–Trinajstić information content (AvgIpc) is 4.20. The molecule has 0 saturated carbocycles. The molecule has 0 aliphatic carbocycles. The number of esters is 2. The van der Waals surface area contributed by atoms with E-state index in [1.54, 1.807) is 0 Å². The number of isocyanates is 2. The lowest BCUT2D eigenvalue weighted by molar-refractivity contribution is -0.125. The molecular formula is C42H38N4O23S4. The highest BCUT2D eigenvalue weighted by Crippen LogP contribution is 2.28. The molecule has 4 aromatic rings. The maximum Gasteiger partial charge on any atom is 0.348 e. The third-order valence-electron chi connectivity index (χ3n) is 9.08. The van der Waals surface area contributed by atoms with E-state index in [-0.39, 0.29) is 45.4 Å². The summed E-state index contributed by atoms with van der Waals surface area (Å²) in [6, 6.07) is 14.7. The van der Waals surface area contributed by atoms with E-state index in [0.29, 0.717) is 12.8 Å². The number of nitrogens with zero attached hydrogens (tertiary/aromatic N) is 2. The van der Waals surface area contributed by atoms with E-state index >= 15 is 0 Å². The molecule has 27 nitrogen and oxygen atoms in total. The molecule has 2 atom stereocenters. The quantitative estimate of drug-likeness (QED) is 0.0234. The van der Waals surface area contributed by atoms with Crippen LogP contribution in [0.15, 0.2) is 102 Å². The highest BCUT2D eigenvalue weighted by atomic mass is 32.2. The molecule has 0 aromatic heterocycles. The van der Waals surface area contributed by atoms with Gasteiger partial charge in [-0.1, -0.05) is 12.1 Å². The fourth-order valence-corrected chi connectivity index (χ4v) is 8.43. The molecule has 3 aliphatic rings. The lowest BCUT2D eigenvalue weighted by atomic mass is 10.0. The zero-order valence-electron chi connectivity index (χ0n) is 37.4. The Bertz CT molecular complexity index is 3330. The molecular weight excluding hydrogens is 1060 g/mol. The maximum absolute atomic E-state index is 11.6. The minimum atomic E-state index is -4.60. The van der Waals surface area contributed by atoms with Gasteiger partial charge >= 0.3 is 11.9 Å². The van der Waals surface area contributed by atoms with Crippen LogP contribution in [0.1, 0.15) is 58.5 Å². The van der Waals surface area contributed by atoms with Gasteiger partial charge in [-0.25, -0.2) is 19.2 Å². The second-order valence-corrected chi connectivity index (χ2v) is 20.9. The molecule has 2 unspecified atom stereocenters. The number of anilines is 2. The summed E-state index contributed by atoms with van der Waals surface area (Å²) < 4.78 is 139. The van der Waals surface area contributed by atoms with Gasteiger partial charge in [0.25, 0.3) is 40.5 Å². The van der Waals surface area contributed by atoms with Crippen LogP contribution in [0.25, 0.3) is 0 Å². The summed E-state index contributed by atoms with van der Waals surface area (Å²) in [6.07, 6.45) is 3.29. The number of amides is 2. The standard InChI is InChI=1S/C14H16N2O7S.C12H14O5S.C8H4N2O5S.C8H4O6S/c1-8(17)3-13(19)15-10-5-11(16-14(20)4-9(2)18)7-12(6-10)24(21,22)23;13-18(14,15)12-4-8(2-10-6-16-10)1-9(5-12)3-11-7-17-11;11-4-9-6-1-7(10-5-12)3-8(2-6)16(13,14)15;9-7-4-2-1-3-5(15(11,12)13)6(4)8(10)14-7/h5-7H,3-4H2,1-2H3,(H,15,19)(H,16,20)(H,21,22,23);1,4-5,10-11H,2-3,6-7H2,(H,13,14,15);1-3H,(H,13,14,15);1-3H,(H,11,12,13). The second kappa shape index (κ2) is 24.4. The average molecular weight is 1100 g/mol. The molecule has 3 heterocycles. The summed E-state index contributed by atoms with van der Waals surface area (Å²) in [7, 11) is -17.8. The van der Waals surface area contributed by atoms with Crippen LogP contribution in [0, 0.1) is 0 Å². The van der Waals surface area contributed by atoms with E-state index in [0.717, 1.165) is 60.7 Å². The summed E-state index contributed by atoms with van der Waals surface area (Å²) in [5.41, 5.74) is 0.897. The van der Waals surface area contributed by atoms with Gasteiger partial charge in [0, 0.05) is 24.2 Å². The van der Waals surface area contributed by atoms with Crippen LogP contribution >= 0.6 is 0 Å². The molecule has 0 bridgehead atoms. The highest BCUT2D eigenvalue weighted by molar-refractivity contribution is 7.86. The van der Waals surface area contributed by atoms with Crippen LogP contribution in [0.2, 0.25) is 0 Å². The second-order valence-electron chi connectivity index (χ2n) is 15.3. The van der Waals surface area contributed by atoms with Crippen LogP contribution in [-0.2, 0) is 96.3 Å². The van der Waals surface area contributed by atoms with Crippen molar-refractivity contribution in [1.29, 1.82) is 0 Å². The topological polar surface area (TPSA) is 437 Å². The third-order valence-corrected chi connectivity index (χ3v) is 12.5. The molecule has 4 aromatic carbocycles. The zero-order valence-corrected chi connectivity index (χ0v) is 40.7. The Morgan fingerprint density at radius 2 is 1.00 bits per heavy atom. The molecule has 0 radical (unpaired) electrons. The predicted octanol–water partition coefficient (Wildman–Crippen LogP) is 2.70. The normalized spacial score (nSPS) is 15.3. The lowest BCUT2D eigenvalue weighted by Crippen LogP contribution is -2.17. The first kappa shape index (κ1) is 58.2. The maximum atomic E-state index is 11.6. The molecule has 7 rings (SSSR count). The largest absolute Gasteiger partial charge is 0.386 e. The first-order chi connectivity index (χ1) is 33.9. The first-order valence-corrected chi connectivity index (χ1v) is 25.8.